The molecule has 1 aliphatic rings. The molecule has 0 unspecified atom stereocenters. The first-order valence-corrected chi connectivity index (χ1v) is 11.3. The van der Waals surface area contributed by atoms with E-state index in [1.54, 1.807) is 18.2 Å². The van der Waals surface area contributed by atoms with Gasteiger partial charge in [-0.2, -0.15) is 0 Å². The zero-order valence-corrected chi connectivity index (χ0v) is 17.6. The lowest BCUT2D eigenvalue weighted by Gasteiger charge is -2.20. The second-order valence-electron chi connectivity index (χ2n) is 8.04. The standard InChI is InChI=1S/C26H33NO2/c1-2-3-4-5-6-7-8-9-10-13-19-27-23-18-14-17-22-24(23)26(29)21-16-12-11-15-20(21)25(22)28/h11-12,14-18,27H,2-10,13,19H2,1H3. The van der Waals surface area contributed by atoms with Crippen molar-refractivity contribution in [1.82, 2.24) is 0 Å². The van der Waals surface area contributed by atoms with Crippen LogP contribution in [-0.2, 0) is 0 Å². The number of carbonyl (C=O) groups excluding carboxylic acids is 2. The van der Waals surface area contributed by atoms with Crippen LogP contribution in [0.25, 0.3) is 0 Å². The van der Waals surface area contributed by atoms with Crippen molar-refractivity contribution < 1.29 is 9.59 Å². The summed E-state index contributed by atoms with van der Waals surface area (Å²) < 4.78 is 0. The molecular formula is C26H33NO2. The molecule has 0 aromatic heterocycles. The van der Waals surface area contributed by atoms with E-state index in [1.165, 1.54) is 57.8 Å². The SMILES string of the molecule is CCCCCCCCCCCCNc1cccc2c1C(=O)c1ccccc1C2=O. The summed E-state index contributed by atoms with van der Waals surface area (Å²) in [5, 5.41) is 3.41. The monoisotopic (exact) mass is 391 g/mol. The van der Waals surface area contributed by atoms with Crippen LogP contribution in [0.1, 0.15) is 103 Å². The Morgan fingerprint density at radius 2 is 1.17 bits per heavy atom. The fraction of sp³-hybridized carbons (Fsp3) is 0.462. The number of anilines is 1. The van der Waals surface area contributed by atoms with Gasteiger partial charge in [-0.15, -0.1) is 0 Å². The zero-order chi connectivity index (χ0) is 20.5. The molecule has 0 aliphatic heterocycles. The van der Waals surface area contributed by atoms with E-state index < -0.39 is 0 Å². The van der Waals surface area contributed by atoms with E-state index in [-0.39, 0.29) is 11.6 Å². The number of benzene rings is 2. The summed E-state index contributed by atoms with van der Waals surface area (Å²) in [4.78, 5) is 25.8. The number of rotatable bonds is 12. The topological polar surface area (TPSA) is 46.2 Å². The maximum absolute atomic E-state index is 13.0. The van der Waals surface area contributed by atoms with Crippen LogP contribution in [0.15, 0.2) is 42.5 Å². The molecule has 0 saturated heterocycles. The van der Waals surface area contributed by atoms with Crippen LogP contribution in [0.5, 0.6) is 0 Å². The molecule has 0 radical (unpaired) electrons. The lowest BCUT2D eigenvalue weighted by molar-refractivity contribution is 0.0979. The van der Waals surface area contributed by atoms with E-state index in [0.717, 1.165) is 18.7 Å². The van der Waals surface area contributed by atoms with Crippen LogP contribution < -0.4 is 5.32 Å². The van der Waals surface area contributed by atoms with E-state index in [0.29, 0.717) is 22.3 Å². The maximum Gasteiger partial charge on any atom is 0.196 e. The Morgan fingerprint density at radius 3 is 1.83 bits per heavy atom. The molecule has 0 saturated carbocycles. The quantitative estimate of drug-likeness (QED) is 0.346. The third kappa shape index (κ3) is 5.35. The Bertz CT molecular complexity index is 840. The van der Waals surface area contributed by atoms with Gasteiger partial charge < -0.3 is 5.32 Å². The minimum absolute atomic E-state index is 0.0543. The summed E-state index contributed by atoms with van der Waals surface area (Å²) in [6.07, 6.45) is 13.0. The normalized spacial score (nSPS) is 12.6. The largest absolute Gasteiger partial charge is 0.384 e. The van der Waals surface area contributed by atoms with Crippen LogP contribution in [0.2, 0.25) is 0 Å². The molecule has 0 heterocycles. The molecule has 0 fully saturated rings. The Morgan fingerprint density at radius 1 is 0.621 bits per heavy atom. The summed E-state index contributed by atoms with van der Waals surface area (Å²) in [5.41, 5.74) is 2.85. The molecule has 3 heteroatoms. The second kappa shape index (κ2) is 10.9. The van der Waals surface area contributed by atoms with E-state index >= 15 is 0 Å². The van der Waals surface area contributed by atoms with Gasteiger partial charge in [-0.1, -0.05) is 101 Å². The van der Waals surface area contributed by atoms with Gasteiger partial charge in [0.05, 0.1) is 5.56 Å². The molecule has 0 atom stereocenters. The fourth-order valence-corrected chi connectivity index (χ4v) is 4.13. The minimum Gasteiger partial charge on any atom is -0.384 e. The Hall–Kier alpha value is -2.42. The van der Waals surface area contributed by atoms with Crippen LogP contribution in [-0.4, -0.2) is 18.1 Å². The molecular weight excluding hydrogens is 358 g/mol. The van der Waals surface area contributed by atoms with Gasteiger partial charge in [0, 0.05) is 28.9 Å². The van der Waals surface area contributed by atoms with Gasteiger partial charge in [-0.05, 0) is 12.5 Å². The molecule has 29 heavy (non-hydrogen) atoms. The van der Waals surface area contributed by atoms with Crippen LogP contribution in [0, 0.1) is 0 Å². The van der Waals surface area contributed by atoms with Crippen molar-refractivity contribution in [2.24, 2.45) is 0 Å². The van der Waals surface area contributed by atoms with Crippen molar-refractivity contribution in [2.45, 2.75) is 71.1 Å². The molecule has 3 nitrogen and oxygen atoms in total. The van der Waals surface area contributed by atoms with E-state index in [9.17, 15) is 9.59 Å². The number of hydrogen-bond acceptors (Lipinski definition) is 3. The molecule has 1 aliphatic carbocycles. The van der Waals surface area contributed by atoms with Crippen molar-refractivity contribution in [2.75, 3.05) is 11.9 Å². The van der Waals surface area contributed by atoms with Crippen LogP contribution >= 0.6 is 0 Å². The van der Waals surface area contributed by atoms with Crippen molar-refractivity contribution in [3.05, 3.63) is 64.7 Å². The summed E-state index contributed by atoms with van der Waals surface area (Å²) in [5.74, 6) is -0.112. The van der Waals surface area contributed by atoms with Gasteiger partial charge in [-0.25, -0.2) is 0 Å². The van der Waals surface area contributed by atoms with Gasteiger partial charge in [0.25, 0.3) is 0 Å². The predicted molar refractivity (Wildman–Crippen MR) is 120 cm³/mol. The first-order chi connectivity index (χ1) is 14.2. The smallest absolute Gasteiger partial charge is 0.196 e. The van der Waals surface area contributed by atoms with Crippen molar-refractivity contribution in [3.8, 4) is 0 Å². The predicted octanol–water partition coefficient (Wildman–Crippen LogP) is 6.79. The number of unbranched alkanes of at least 4 members (excludes halogenated alkanes) is 9. The summed E-state index contributed by atoms with van der Waals surface area (Å²) >= 11 is 0. The summed E-state index contributed by atoms with van der Waals surface area (Å²) in [6, 6.07) is 12.6. The van der Waals surface area contributed by atoms with E-state index in [1.807, 2.05) is 24.3 Å². The van der Waals surface area contributed by atoms with Gasteiger partial charge in [0.1, 0.15) is 0 Å². The summed E-state index contributed by atoms with van der Waals surface area (Å²) in [6.45, 7) is 3.09. The number of hydrogen-bond donors (Lipinski definition) is 1. The highest BCUT2D eigenvalue weighted by Gasteiger charge is 2.31. The maximum atomic E-state index is 13.0. The molecule has 154 valence electrons. The van der Waals surface area contributed by atoms with Gasteiger partial charge in [0.2, 0.25) is 0 Å². The highest BCUT2D eigenvalue weighted by molar-refractivity contribution is 6.30. The minimum atomic E-state index is -0.0576. The average molecular weight is 392 g/mol. The highest BCUT2D eigenvalue weighted by Crippen LogP contribution is 2.31. The highest BCUT2D eigenvalue weighted by atomic mass is 16.1. The Labute approximate surface area is 174 Å². The van der Waals surface area contributed by atoms with Gasteiger partial charge >= 0.3 is 0 Å². The molecule has 2 aromatic carbocycles. The van der Waals surface area contributed by atoms with Crippen molar-refractivity contribution in [3.63, 3.8) is 0 Å². The summed E-state index contributed by atoms with van der Waals surface area (Å²) in [7, 11) is 0. The van der Waals surface area contributed by atoms with Gasteiger partial charge in [-0.3, -0.25) is 9.59 Å². The molecule has 0 bridgehead atoms. The lowest BCUT2D eigenvalue weighted by atomic mass is 9.83. The molecule has 1 N–H and O–H groups in total. The fourth-order valence-electron chi connectivity index (χ4n) is 4.13. The first kappa shape index (κ1) is 21.3. The van der Waals surface area contributed by atoms with E-state index in [2.05, 4.69) is 12.2 Å². The molecule has 3 rings (SSSR count). The number of carbonyl (C=O) groups is 2. The van der Waals surface area contributed by atoms with E-state index in [4.69, 9.17) is 0 Å². The van der Waals surface area contributed by atoms with Gasteiger partial charge in [0.15, 0.2) is 11.6 Å². The molecule has 0 amide bonds. The number of nitrogens with one attached hydrogen (secondary N) is 1. The second-order valence-corrected chi connectivity index (χ2v) is 8.04. The Balaban J connectivity index is 1.46. The third-order valence-corrected chi connectivity index (χ3v) is 5.80. The third-order valence-electron chi connectivity index (χ3n) is 5.80. The number of ketones is 2. The van der Waals surface area contributed by atoms with Crippen molar-refractivity contribution >= 4 is 17.3 Å². The van der Waals surface area contributed by atoms with Crippen LogP contribution in [0.4, 0.5) is 5.69 Å². The number of fused-ring (bicyclic) bond motifs is 2. The average Bonchev–Trinajstić information content (AvgIpc) is 2.75. The molecule has 2 aromatic rings. The van der Waals surface area contributed by atoms with Crippen LogP contribution in [0.3, 0.4) is 0 Å². The lowest BCUT2D eigenvalue weighted by Crippen LogP contribution is -2.22. The van der Waals surface area contributed by atoms with Crippen molar-refractivity contribution in [1.29, 1.82) is 0 Å². The Kier molecular flexibility index (Phi) is 8.03. The molecule has 0 spiro atoms. The zero-order valence-electron chi connectivity index (χ0n) is 17.6. The first-order valence-electron chi connectivity index (χ1n) is 11.3.